The smallest absolute Gasteiger partial charge is 0.0207 e. The molecule has 0 bridgehead atoms. The Morgan fingerprint density at radius 3 is 2.04 bits per heavy atom. The molecule has 0 saturated heterocycles. The Hall–Kier alpha value is -2.77. The third kappa shape index (κ3) is 1.85. The Bertz CT molecular complexity index is 1310. The molecule has 0 N–H and O–H groups in total. The summed E-state index contributed by atoms with van der Waals surface area (Å²) in [6.07, 6.45) is 0. The zero-order chi connectivity index (χ0) is 16.4. The van der Waals surface area contributed by atoms with Gasteiger partial charge in [0, 0.05) is 15.2 Å². The van der Waals surface area contributed by atoms with E-state index in [9.17, 15) is 0 Å². The molecule has 0 unspecified atom stereocenters. The summed E-state index contributed by atoms with van der Waals surface area (Å²) in [5, 5.41) is 8.03. The topological polar surface area (TPSA) is 0 Å². The highest BCUT2D eigenvalue weighted by Gasteiger charge is 2.20. The van der Waals surface area contributed by atoms with Crippen LogP contribution in [-0.4, -0.2) is 0 Å². The monoisotopic (exact) mass is 334 g/mol. The SMILES string of the molecule is c1ccc2cc3c(cc2c1)Sc1cccc2c1c-3cc1ccccc12. The maximum absolute atomic E-state index is 2.37. The fraction of sp³-hybridized carbons (Fsp3) is 0. The second kappa shape index (κ2) is 4.87. The van der Waals surface area contributed by atoms with Gasteiger partial charge in [-0.1, -0.05) is 72.4 Å². The minimum absolute atomic E-state index is 1.31. The normalized spacial score (nSPS) is 12.6. The molecule has 25 heavy (non-hydrogen) atoms. The maximum atomic E-state index is 2.37. The molecule has 0 aliphatic carbocycles. The Morgan fingerprint density at radius 2 is 1.16 bits per heavy atom. The predicted molar refractivity (Wildman–Crippen MR) is 109 cm³/mol. The number of fused-ring (bicyclic) bond motifs is 5. The lowest BCUT2D eigenvalue weighted by Crippen LogP contribution is -1.94. The molecule has 0 atom stereocenters. The fourth-order valence-corrected chi connectivity index (χ4v) is 5.23. The molecule has 5 aromatic rings. The summed E-state index contributed by atoms with van der Waals surface area (Å²) in [6, 6.07) is 31.1. The highest BCUT2D eigenvalue weighted by atomic mass is 32.2. The van der Waals surface area contributed by atoms with Gasteiger partial charge in [-0.3, -0.25) is 0 Å². The zero-order valence-corrected chi connectivity index (χ0v) is 14.3. The molecule has 5 aromatic carbocycles. The van der Waals surface area contributed by atoms with Crippen LogP contribution in [0.3, 0.4) is 0 Å². The maximum Gasteiger partial charge on any atom is 0.0207 e. The van der Waals surface area contributed by atoms with E-state index in [2.05, 4.69) is 84.9 Å². The van der Waals surface area contributed by atoms with Crippen LogP contribution in [0, 0.1) is 0 Å². The second-order valence-corrected chi connectivity index (χ2v) is 7.71. The summed E-state index contributed by atoms with van der Waals surface area (Å²) in [5.41, 5.74) is 2.72. The van der Waals surface area contributed by atoms with Crippen molar-refractivity contribution in [3.05, 3.63) is 84.9 Å². The van der Waals surface area contributed by atoms with Gasteiger partial charge in [-0.25, -0.2) is 0 Å². The van der Waals surface area contributed by atoms with E-state index in [1.54, 1.807) is 0 Å². The molecule has 116 valence electrons. The van der Waals surface area contributed by atoms with E-state index in [-0.39, 0.29) is 0 Å². The van der Waals surface area contributed by atoms with Crippen LogP contribution in [0.5, 0.6) is 0 Å². The minimum atomic E-state index is 1.31. The first kappa shape index (κ1) is 13.5. The van der Waals surface area contributed by atoms with Gasteiger partial charge in [-0.05, 0) is 62.3 Å². The first-order valence-electron chi connectivity index (χ1n) is 8.54. The molecule has 6 rings (SSSR count). The number of rotatable bonds is 0. The first-order chi connectivity index (χ1) is 12.4. The predicted octanol–water partition coefficient (Wildman–Crippen LogP) is 7.28. The van der Waals surface area contributed by atoms with E-state index >= 15 is 0 Å². The van der Waals surface area contributed by atoms with Gasteiger partial charge in [-0.2, -0.15) is 0 Å². The van der Waals surface area contributed by atoms with E-state index in [4.69, 9.17) is 0 Å². The molecule has 0 spiro atoms. The van der Waals surface area contributed by atoms with Gasteiger partial charge in [-0.15, -0.1) is 0 Å². The summed E-state index contributed by atoms with van der Waals surface area (Å²) in [7, 11) is 0. The highest BCUT2D eigenvalue weighted by molar-refractivity contribution is 7.99. The molecule has 1 heteroatoms. The van der Waals surface area contributed by atoms with Crippen LogP contribution in [0.25, 0.3) is 43.4 Å². The van der Waals surface area contributed by atoms with Crippen molar-refractivity contribution in [3.63, 3.8) is 0 Å². The fourth-order valence-electron chi connectivity index (χ4n) is 4.06. The Kier molecular flexibility index (Phi) is 2.63. The van der Waals surface area contributed by atoms with Gasteiger partial charge in [0.25, 0.3) is 0 Å². The largest absolute Gasteiger partial charge is 0.0888 e. The van der Waals surface area contributed by atoms with E-state index in [1.807, 2.05) is 11.8 Å². The summed E-state index contributed by atoms with van der Waals surface area (Å²) >= 11 is 1.90. The van der Waals surface area contributed by atoms with Crippen LogP contribution >= 0.6 is 11.8 Å². The molecule has 1 aliphatic heterocycles. The molecule has 1 heterocycles. The quantitative estimate of drug-likeness (QED) is 0.263. The molecule has 0 amide bonds. The Balaban J connectivity index is 1.83. The summed E-state index contributed by atoms with van der Waals surface area (Å²) in [6.45, 7) is 0. The second-order valence-electron chi connectivity index (χ2n) is 6.62. The van der Waals surface area contributed by atoms with Gasteiger partial charge >= 0.3 is 0 Å². The van der Waals surface area contributed by atoms with Crippen molar-refractivity contribution in [3.8, 4) is 11.1 Å². The lowest BCUT2D eigenvalue weighted by atomic mass is 9.92. The molecular formula is C24H14S. The van der Waals surface area contributed by atoms with Gasteiger partial charge in [0.1, 0.15) is 0 Å². The average molecular weight is 334 g/mol. The van der Waals surface area contributed by atoms with Crippen LogP contribution in [-0.2, 0) is 0 Å². The number of hydrogen-bond acceptors (Lipinski definition) is 1. The lowest BCUT2D eigenvalue weighted by Gasteiger charge is -2.22. The van der Waals surface area contributed by atoms with Crippen molar-refractivity contribution >= 4 is 44.1 Å². The van der Waals surface area contributed by atoms with E-state index in [0.29, 0.717) is 0 Å². The molecule has 0 saturated carbocycles. The number of hydrogen-bond donors (Lipinski definition) is 0. The van der Waals surface area contributed by atoms with Gasteiger partial charge in [0.05, 0.1) is 0 Å². The summed E-state index contributed by atoms with van der Waals surface area (Å²) < 4.78 is 0. The summed E-state index contributed by atoms with van der Waals surface area (Å²) in [4.78, 5) is 2.72. The Labute approximate surface area is 150 Å². The zero-order valence-electron chi connectivity index (χ0n) is 13.5. The van der Waals surface area contributed by atoms with Crippen molar-refractivity contribution in [2.24, 2.45) is 0 Å². The van der Waals surface area contributed by atoms with Crippen molar-refractivity contribution in [1.29, 1.82) is 0 Å². The van der Waals surface area contributed by atoms with Crippen molar-refractivity contribution in [2.75, 3.05) is 0 Å². The van der Waals surface area contributed by atoms with Crippen molar-refractivity contribution in [2.45, 2.75) is 9.79 Å². The first-order valence-corrected chi connectivity index (χ1v) is 9.36. The van der Waals surface area contributed by atoms with Crippen LogP contribution in [0.2, 0.25) is 0 Å². The molecule has 0 aromatic heterocycles. The van der Waals surface area contributed by atoms with E-state index < -0.39 is 0 Å². The van der Waals surface area contributed by atoms with Crippen LogP contribution in [0.4, 0.5) is 0 Å². The lowest BCUT2D eigenvalue weighted by molar-refractivity contribution is 1.42. The summed E-state index contributed by atoms with van der Waals surface area (Å²) in [5.74, 6) is 0. The molecule has 0 radical (unpaired) electrons. The highest BCUT2D eigenvalue weighted by Crippen LogP contribution is 2.50. The van der Waals surface area contributed by atoms with Crippen molar-refractivity contribution in [1.82, 2.24) is 0 Å². The molecular weight excluding hydrogens is 320 g/mol. The Morgan fingerprint density at radius 1 is 0.480 bits per heavy atom. The van der Waals surface area contributed by atoms with Crippen molar-refractivity contribution < 1.29 is 0 Å². The molecule has 0 nitrogen and oxygen atoms in total. The minimum Gasteiger partial charge on any atom is -0.0888 e. The van der Waals surface area contributed by atoms with Crippen LogP contribution in [0.1, 0.15) is 0 Å². The third-order valence-corrected chi connectivity index (χ3v) is 6.32. The van der Waals surface area contributed by atoms with Crippen LogP contribution < -0.4 is 0 Å². The third-order valence-electron chi connectivity index (χ3n) is 5.20. The van der Waals surface area contributed by atoms with E-state index in [0.717, 1.165) is 0 Å². The van der Waals surface area contributed by atoms with Crippen LogP contribution in [0.15, 0.2) is 94.7 Å². The number of benzene rings is 5. The molecule has 1 aliphatic rings. The standard InChI is InChI=1S/C24H14S/c1-2-7-16-14-23-20(12-15(16)6-1)21-13-17-8-3-4-9-18(17)19-10-5-11-22(25-23)24(19)21/h1-14H. The average Bonchev–Trinajstić information content (AvgIpc) is 2.67. The van der Waals surface area contributed by atoms with Gasteiger partial charge in [0.15, 0.2) is 0 Å². The molecule has 0 fully saturated rings. The van der Waals surface area contributed by atoms with Gasteiger partial charge < -0.3 is 0 Å². The van der Waals surface area contributed by atoms with Gasteiger partial charge in [0.2, 0.25) is 0 Å². The van der Waals surface area contributed by atoms with E-state index in [1.165, 1.54) is 53.2 Å².